The molecule has 0 bridgehead atoms. The molecule has 142 valence electrons. The van der Waals surface area contributed by atoms with Crippen LogP contribution in [0.25, 0.3) is 0 Å². The van der Waals surface area contributed by atoms with Crippen LogP contribution in [0.3, 0.4) is 0 Å². The number of benzene rings is 2. The summed E-state index contributed by atoms with van der Waals surface area (Å²) in [7, 11) is 0. The summed E-state index contributed by atoms with van der Waals surface area (Å²) < 4.78 is 9.31. The number of thioether (sulfide) groups is 1. The summed E-state index contributed by atoms with van der Waals surface area (Å²) in [4.78, 5) is 0. The van der Waals surface area contributed by atoms with Crippen LogP contribution in [0, 0.1) is 6.92 Å². The molecule has 0 saturated heterocycles. The highest BCUT2D eigenvalue weighted by molar-refractivity contribution is 9.10. The summed E-state index contributed by atoms with van der Waals surface area (Å²) in [5.41, 5.74) is 2.25. The smallest absolute Gasteiger partial charge is 0.191 e. The molecule has 3 aromatic rings. The number of hydrogen-bond acceptors (Lipinski definition) is 4. The third kappa shape index (κ3) is 5.06. The Morgan fingerprint density at radius 3 is 2.59 bits per heavy atom. The van der Waals surface area contributed by atoms with E-state index in [1.165, 1.54) is 5.56 Å². The van der Waals surface area contributed by atoms with Gasteiger partial charge in [-0.1, -0.05) is 51.4 Å². The van der Waals surface area contributed by atoms with Gasteiger partial charge in [-0.25, -0.2) is 0 Å². The average molecular weight is 467 g/mol. The predicted octanol–water partition coefficient (Wildman–Crippen LogP) is 6.45. The molecule has 0 radical (unpaired) electrons. The second-order valence-electron chi connectivity index (χ2n) is 6.17. The summed E-state index contributed by atoms with van der Waals surface area (Å²) in [6.07, 6.45) is -0.209. The Bertz CT molecular complexity index is 914. The van der Waals surface area contributed by atoms with Gasteiger partial charge in [0.05, 0.1) is 0 Å². The van der Waals surface area contributed by atoms with Crippen molar-refractivity contribution in [2.24, 2.45) is 0 Å². The lowest BCUT2D eigenvalue weighted by atomic mass is 10.2. The first-order valence-corrected chi connectivity index (χ1v) is 10.9. The van der Waals surface area contributed by atoms with Gasteiger partial charge in [0, 0.05) is 21.8 Å². The Kier molecular flexibility index (Phi) is 6.84. The minimum Gasteiger partial charge on any atom is -0.482 e. The minimum absolute atomic E-state index is 0.209. The lowest BCUT2D eigenvalue weighted by Crippen LogP contribution is -2.12. The quantitative estimate of drug-likeness (QED) is 0.375. The van der Waals surface area contributed by atoms with Crippen molar-refractivity contribution >= 4 is 39.3 Å². The molecular formula is C20H21BrClN3OS. The summed E-state index contributed by atoms with van der Waals surface area (Å²) in [6, 6.07) is 13.9. The zero-order chi connectivity index (χ0) is 19.4. The lowest BCUT2D eigenvalue weighted by molar-refractivity contribution is 0.208. The molecule has 1 unspecified atom stereocenters. The highest BCUT2D eigenvalue weighted by Gasteiger charge is 2.19. The van der Waals surface area contributed by atoms with E-state index in [0.29, 0.717) is 5.02 Å². The van der Waals surface area contributed by atoms with Gasteiger partial charge in [-0.2, -0.15) is 0 Å². The molecule has 1 aromatic heterocycles. The van der Waals surface area contributed by atoms with Crippen molar-refractivity contribution < 1.29 is 4.74 Å². The molecule has 0 fully saturated rings. The van der Waals surface area contributed by atoms with Crippen molar-refractivity contribution in [3.05, 3.63) is 68.9 Å². The van der Waals surface area contributed by atoms with Gasteiger partial charge in [0.15, 0.2) is 17.1 Å². The van der Waals surface area contributed by atoms with E-state index in [1.54, 1.807) is 11.8 Å². The van der Waals surface area contributed by atoms with Crippen LogP contribution in [0.1, 0.15) is 36.9 Å². The fraction of sp³-hybridized carbons (Fsp3) is 0.300. The van der Waals surface area contributed by atoms with Crippen molar-refractivity contribution in [3.8, 4) is 5.75 Å². The van der Waals surface area contributed by atoms with Crippen LogP contribution in [-0.4, -0.2) is 14.8 Å². The number of aryl methyl sites for hydroxylation is 1. The SMILES string of the molecule is CCn1c(SCc2ccc(Br)cc2)nnc1C(C)Oc1ccc(Cl)cc1C. The van der Waals surface area contributed by atoms with Gasteiger partial charge >= 0.3 is 0 Å². The van der Waals surface area contributed by atoms with E-state index >= 15 is 0 Å². The molecule has 0 amide bonds. The molecule has 0 N–H and O–H groups in total. The largest absolute Gasteiger partial charge is 0.482 e. The van der Waals surface area contributed by atoms with E-state index in [-0.39, 0.29) is 6.10 Å². The summed E-state index contributed by atoms with van der Waals surface area (Å²) in [5.74, 6) is 2.48. The van der Waals surface area contributed by atoms with E-state index in [4.69, 9.17) is 16.3 Å². The van der Waals surface area contributed by atoms with Gasteiger partial charge in [0.2, 0.25) is 0 Å². The Balaban J connectivity index is 1.73. The van der Waals surface area contributed by atoms with Crippen molar-refractivity contribution in [1.82, 2.24) is 14.8 Å². The van der Waals surface area contributed by atoms with Crippen LogP contribution in [0.2, 0.25) is 5.02 Å². The molecular weight excluding hydrogens is 446 g/mol. The molecule has 7 heteroatoms. The van der Waals surface area contributed by atoms with E-state index in [0.717, 1.165) is 39.1 Å². The number of nitrogens with zero attached hydrogens (tertiary/aromatic N) is 3. The van der Waals surface area contributed by atoms with Crippen LogP contribution in [0.4, 0.5) is 0 Å². The van der Waals surface area contributed by atoms with Gasteiger partial charge < -0.3 is 9.30 Å². The van der Waals surface area contributed by atoms with E-state index in [2.05, 4.69) is 61.9 Å². The second kappa shape index (κ2) is 9.13. The van der Waals surface area contributed by atoms with E-state index in [1.807, 2.05) is 32.0 Å². The number of hydrogen-bond donors (Lipinski definition) is 0. The predicted molar refractivity (Wildman–Crippen MR) is 115 cm³/mol. The zero-order valence-electron chi connectivity index (χ0n) is 15.4. The highest BCUT2D eigenvalue weighted by atomic mass is 79.9. The van der Waals surface area contributed by atoms with Gasteiger partial charge in [-0.15, -0.1) is 10.2 Å². The third-order valence-electron chi connectivity index (χ3n) is 4.15. The molecule has 2 aromatic carbocycles. The summed E-state index contributed by atoms with van der Waals surface area (Å²) in [6.45, 7) is 6.86. The fourth-order valence-corrected chi connectivity index (χ4v) is 4.18. The van der Waals surface area contributed by atoms with Crippen LogP contribution in [-0.2, 0) is 12.3 Å². The first-order chi connectivity index (χ1) is 13.0. The van der Waals surface area contributed by atoms with Crippen LogP contribution < -0.4 is 4.74 Å². The van der Waals surface area contributed by atoms with Crippen molar-refractivity contribution in [2.45, 2.75) is 44.3 Å². The first-order valence-electron chi connectivity index (χ1n) is 8.71. The molecule has 3 rings (SSSR count). The van der Waals surface area contributed by atoms with Crippen LogP contribution >= 0.6 is 39.3 Å². The molecule has 0 aliphatic heterocycles. The maximum atomic E-state index is 6.12. The summed E-state index contributed by atoms with van der Waals surface area (Å²) in [5, 5.41) is 10.4. The maximum absolute atomic E-state index is 6.12. The fourth-order valence-electron chi connectivity index (χ4n) is 2.72. The number of aromatic nitrogens is 3. The zero-order valence-corrected chi connectivity index (χ0v) is 18.6. The molecule has 0 aliphatic rings. The van der Waals surface area contributed by atoms with E-state index < -0.39 is 0 Å². The number of ether oxygens (including phenoxy) is 1. The molecule has 1 heterocycles. The third-order valence-corrected chi connectivity index (χ3v) is 5.95. The Morgan fingerprint density at radius 1 is 1.19 bits per heavy atom. The number of rotatable bonds is 7. The van der Waals surface area contributed by atoms with Gasteiger partial charge in [0.25, 0.3) is 0 Å². The van der Waals surface area contributed by atoms with Gasteiger partial charge in [0.1, 0.15) is 5.75 Å². The summed E-state index contributed by atoms with van der Waals surface area (Å²) >= 11 is 11.2. The average Bonchev–Trinajstić information content (AvgIpc) is 3.06. The van der Waals surface area contributed by atoms with Crippen LogP contribution in [0.15, 0.2) is 52.1 Å². The standard InChI is InChI=1S/C20H21BrClN3OS/c1-4-25-19(14(3)26-18-10-9-17(22)11-13(18)2)23-24-20(25)27-12-15-5-7-16(21)8-6-15/h5-11,14H,4,12H2,1-3H3. The molecule has 27 heavy (non-hydrogen) atoms. The van der Waals surface area contributed by atoms with E-state index in [9.17, 15) is 0 Å². The first kappa shape index (κ1) is 20.2. The van der Waals surface area contributed by atoms with Gasteiger partial charge in [-0.05, 0) is 62.2 Å². The topological polar surface area (TPSA) is 39.9 Å². The normalized spacial score (nSPS) is 12.2. The molecule has 4 nitrogen and oxygen atoms in total. The monoisotopic (exact) mass is 465 g/mol. The van der Waals surface area contributed by atoms with Crippen LogP contribution in [0.5, 0.6) is 5.75 Å². The molecule has 1 atom stereocenters. The van der Waals surface area contributed by atoms with Crippen molar-refractivity contribution in [2.75, 3.05) is 0 Å². The molecule has 0 spiro atoms. The van der Waals surface area contributed by atoms with Crippen molar-refractivity contribution in [3.63, 3.8) is 0 Å². The lowest BCUT2D eigenvalue weighted by Gasteiger charge is -2.17. The maximum Gasteiger partial charge on any atom is 0.191 e. The highest BCUT2D eigenvalue weighted by Crippen LogP contribution is 2.29. The molecule has 0 aliphatic carbocycles. The minimum atomic E-state index is -0.209. The van der Waals surface area contributed by atoms with Crippen molar-refractivity contribution in [1.29, 1.82) is 0 Å². The molecule has 0 saturated carbocycles. The Hall–Kier alpha value is -1.50. The number of halogens is 2. The Morgan fingerprint density at radius 2 is 1.93 bits per heavy atom. The Labute approximate surface area is 177 Å². The van der Waals surface area contributed by atoms with Gasteiger partial charge in [-0.3, -0.25) is 0 Å². The second-order valence-corrected chi connectivity index (χ2v) is 8.46.